The van der Waals surface area contributed by atoms with Crippen LogP contribution in [0.25, 0.3) is 0 Å². The third-order valence-corrected chi connectivity index (χ3v) is 4.91. The van der Waals surface area contributed by atoms with Crippen LogP contribution in [0.1, 0.15) is 59.9 Å². The lowest BCUT2D eigenvalue weighted by Gasteiger charge is -2.26. The first kappa shape index (κ1) is 16.7. The highest BCUT2D eigenvalue weighted by Gasteiger charge is 2.22. The Morgan fingerprint density at radius 3 is 2.50 bits per heavy atom. The number of carbonyl (C=O) groups is 1. The van der Waals surface area contributed by atoms with Gasteiger partial charge >= 0.3 is 0 Å². The number of hydrogen-bond donors (Lipinski definition) is 0. The molecule has 1 aliphatic carbocycles. The lowest BCUT2D eigenvalue weighted by atomic mass is 9.95. The van der Waals surface area contributed by atoms with Gasteiger partial charge in [-0.15, -0.1) is 0 Å². The van der Waals surface area contributed by atoms with E-state index in [4.69, 9.17) is 4.74 Å². The fraction of sp³-hybridized carbons (Fsp3) is 0.450. The minimum absolute atomic E-state index is 0.0272. The molecule has 0 aliphatic heterocycles. The molecule has 0 bridgehead atoms. The molecule has 2 aromatic rings. The Morgan fingerprint density at radius 1 is 1.17 bits per heavy atom. The smallest absolute Gasteiger partial charge is 0.202 e. The summed E-state index contributed by atoms with van der Waals surface area (Å²) in [4.78, 5) is 12.5. The lowest BCUT2D eigenvalue weighted by molar-refractivity contribution is 0.0920. The quantitative estimate of drug-likeness (QED) is 0.722. The van der Waals surface area contributed by atoms with Crippen molar-refractivity contribution < 1.29 is 13.9 Å². The zero-order valence-corrected chi connectivity index (χ0v) is 14.3. The Kier molecular flexibility index (Phi) is 5.03. The fourth-order valence-electron chi connectivity index (χ4n) is 3.72. The van der Waals surface area contributed by atoms with E-state index in [0.29, 0.717) is 11.8 Å². The number of rotatable bonds is 5. The maximum Gasteiger partial charge on any atom is 0.202 e. The fourth-order valence-corrected chi connectivity index (χ4v) is 3.72. The number of aromatic nitrogens is 1. The van der Waals surface area contributed by atoms with Crippen molar-refractivity contribution in [3.63, 3.8) is 0 Å². The summed E-state index contributed by atoms with van der Waals surface area (Å²) in [6.45, 7) is 4.06. The number of Topliss-reactive ketones (excluding diaryl/α,β-unsaturated/α-hetero) is 1. The normalized spacial score (nSPS) is 15.5. The zero-order valence-electron chi connectivity index (χ0n) is 14.3. The number of carbonyl (C=O) groups excluding carboxylic acids is 1. The summed E-state index contributed by atoms with van der Waals surface area (Å²) in [7, 11) is 0. The van der Waals surface area contributed by atoms with E-state index < -0.39 is 0 Å². The number of ether oxygens (including phenoxy) is 1. The minimum atomic E-state index is -0.315. The molecule has 0 N–H and O–H groups in total. The summed E-state index contributed by atoms with van der Waals surface area (Å²) >= 11 is 0. The molecule has 4 heteroatoms. The van der Waals surface area contributed by atoms with Gasteiger partial charge in [0.1, 0.15) is 11.6 Å². The molecule has 3 rings (SSSR count). The Labute approximate surface area is 142 Å². The highest BCUT2D eigenvalue weighted by molar-refractivity contribution is 5.98. The van der Waals surface area contributed by atoms with Crippen molar-refractivity contribution in [3.8, 4) is 5.75 Å². The van der Waals surface area contributed by atoms with Crippen LogP contribution in [0.5, 0.6) is 5.75 Å². The molecule has 1 aliphatic rings. The van der Waals surface area contributed by atoms with Crippen molar-refractivity contribution in [2.75, 3.05) is 6.61 Å². The van der Waals surface area contributed by atoms with Crippen LogP contribution in [0.15, 0.2) is 30.3 Å². The maximum absolute atomic E-state index is 12.9. The van der Waals surface area contributed by atoms with Crippen molar-refractivity contribution in [1.29, 1.82) is 0 Å². The molecule has 1 aromatic heterocycles. The minimum Gasteiger partial charge on any atom is -0.485 e. The summed E-state index contributed by atoms with van der Waals surface area (Å²) in [5, 5.41) is 0. The molecule has 0 radical (unpaired) electrons. The van der Waals surface area contributed by atoms with Crippen LogP contribution in [0, 0.1) is 19.7 Å². The SMILES string of the molecule is Cc1cc(C(=O)COc2ccc(F)cc2)c(C)n1C1CCCCC1. The second kappa shape index (κ2) is 7.20. The van der Waals surface area contributed by atoms with Crippen LogP contribution < -0.4 is 4.74 Å². The van der Waals surface area contributed by atoms with E-state index >= 15 is 0 Å². The molecule has 3 nitrogen and oxygen atoms in total. The highest BCUT2D eigenvalue weighted by Crippen LogP contribution is 2.32. The third kappa shape index (κ3) is 3.53. The topological polar surface area (TPSA) is 31.2 Å². The Bertz CT molecular complexity index is 712. The molecule has 128 valence electrons. The molecule has 24 heavy (non-hydrogen) atoms. The van der Waals surface area contributed by atoms with Gasteiger partial charge in [-0.25, -0.2) is 4.39 Å². The number of aryl methyl sites for hydroxylation is 1. The van der Waals surface area contributed by atoms with E-state index in [9.17, 15) is 9.18 Å². The van der Waals surface area contributed by atoms with Crippen molar-refractivity contribution in [2.45, 2.75) is 52.0 Å². The molecular formula is C20H24FNO2. The van der Waals surface area contributed by atoms with Gasteiger partial charge in [-0.2, -0.15) is 0 Å². The summed E-state index contributed by atoms with van der Waals surface area (Å²) in [6.07, 6.45) is 6.22. The van der Waals surface area contributed by atoms with Gasteiger partial charge in [0.25, 0.3) is 0 Å². The van der Waals surface area contributed by atoms with Gasteiger partial charge in [-0.1, -0.05) is 19.3 Å². The molecule has 1 saturated carbocycles. The standard InChI is InChI=1S/C20H24FNO2/c1-14-12-19(15(2)22(14)17-6-4-3-5-7-17)20(23)13-24-18-10-8-16(21)9-11-18/h8-12,17H,3-7,13H2,1-2H3. The van der Waals surface area contributed by atoms with E-state index in [0.717, 1.165) is 17.0 Å². The number of hydrogen-bond acceptors (Lipinski definition) is 2. The zero-order chi connectivity index (χ0) is 17.1. The Balaban J connectivity index is 1.71. The van der Waals surface area contributed by atoms with Crippen molar-refractivity contribution in [3.05, 3.63) is 53.1 Å². The molecule has 1 heterocycles. The summed E-state index contributed by atoms with van der Waals surface area (Å²) in [5.41, 5.74) is 2.91. The molecule has 0 spiro atoms. The summed E-state index contributed by atoms with van der Waals surface area (Å²) in [6, 6.07) is 8.21. The predicted octanol–water partition coefficient (Wildman–Crippen LogP) is 5.01. The number of benzene rings is 1. The first-order chi connectivity index (χ1) is 11.6. The predicted molar refractivity (Wildman–Crippen MR) is 92.3 cm³/mol. The van der Waals surface area contributed by atoms with E-state index in [1.54, 1.807) is 0 Å². The van der Waals surface area contributed by atoms with Crippen LogP contribution >= 0.6 is 0 Å². The summed E-state index contributed by atoms with van der Waals surface area (Å²) < 4.78 is 20.7. The second-order valence-corrected chi connectivity index (χ2v) is 6.61. The van der Waals surface area contributed by atoms with E-state index in [-0.39, 0.29) is 18.2 Å². The van der Waals surface area contributed by atoms with Crippen LogP contribution in [0.4, 0.5) is 4.39 Å². The molecule has 0 saturated heterocycles. The molecule has 0 amide bonds. The third-order valence-electron chi connectivity index (χ3n) is 4.91. The number of ketones is 1. The van der Waals surface area contributed by atoms with E-state index in [1.165, 1.54) is 56.4 Å². The molecular weight excluding hydrogens is 305 g/mol. The second-order valence-electron chi connectivity index (χ2n) is 6.61. The van der Waals surface area contributed by atoms with Gasteiger partial charge in [0.15, 0.2) is 6.61 Å². The van der Waals surface area contributed by atoms with Gasteiger partial charge in [0, 0.05) is 23.0 Å². The van der Waals surface area contributed by atoms with Crippen LogP contribution in [0.2, 0.25) is 0 Å². The average molecular weight is 329 g/mol. The van der Waals surface area contributed by atoms with E-state index in [2.05, 4.69) is 11.5 Å². The highest BCUT2D eigenvalue weighted by atomic mass is 19.1. The van der Waals surface area contributed by atoms with Crippen LogP contribution in [-0.2, 0) is 0 Å². The van der Waals surface area contributed by atoms with E-state index in [1.807, 2.05) is 13.0 Å². The van der Waals surface area contributed by atoms with Gasteiger partial charge in [0.05, 0.1) is 0 Å². The van der Waals surface area contributed by atoms with Crippen molar-refractivity contribution >= 4 is 5.78 Å². The molecule has 1 aromatic carbocycles. The Morgan fingerprint density at radius 2 is 1.83 bits per heavy atom. The molecule has 0 atom stereocenters. The van der Waals surface area contributed by atoms with Gasteiger partial charge in [-0.05, 0) is 57.0 Å². The lowest BCUT2D eigenvalue weighted by Crippen LogP contribution is -2.17. The van der Waals surface area contributed by atoms with Crippen molar-refractivity contribution in [2.24, 2.45) is 0 Å². The van der Waals surface area contributed by atoms with Gasteiger partial charge < -0.3 is 9.30 Å². The largest absolute Gasteiger partial charge is 0.485 e. The first-order valence-corrected chi connectivity index (χ1v) is 8.66. The van der Waals surface area contributed by atoms with Crippen LogP contribution in [0.3, 0.4) is 0 Å². The monoisotopic (exact) mass is 329 g/mol. The Hall–Kier alpha value is -2.10. The molecule has 0 unspecified atom stereocenters. The van der Waals surface area contributed by atoms with Gasteiger partial charge in [0.2, 0.25) is 5.78 Å². The van der Waals surface area contributed by atoms with Crippen LogP contribution in [-0.4, -0.2) is 17.0 Å². The molecule has 1 fully saturated rings. The summed E-state index contributed by atoms with van der Waals surface area (Å²) in [5.74, 6) is 0.157. The van der Waals surface area contributed by atoms with Gasteiger partial charge in [-0.3, -0.25) is 4.79 Å². The van der Waals surface area contributed by atoms with Crippen molar-refractivity contribution in [1.82, 2.24) is 4.57 Å². The number of halogens is 1. The first-order valence-electron chi connectivity index (χ1n) is 8.66. The maximum atomic E-state index is 12.9. The average Bonchev–Trinajstić information content (AvgIpc) is 2.89. The number of nitrogens with zero attached hydrogens (tertiary/aromatic N) is 1.